The highest BCUT2D eigenvalue weighted by molar-refractivity contribution is 5.87. The fourth-order valence-electron chi connectivity index (χ4n) is 1.02. The van der Waals surface area contributed by atoms with Crippen LogP contribution < -0.4 is 5.73 Å². The van der Waals surface area contributed by atoms with E-state index in [1.807, 2.05) is 0 Å². The van der Waals surface area contributed by atoms with Gasteiger partial charge >= 0.3 is 11.9 Å². The quantitative estimate of drug-likeness (QED) is 0.498. The molecule has 0 aromatic rings. The Morgan fingerprint density at radius 1 is 1.35 bits per heavy atom. The van der Waals surface area contributed by atoms with Crippen LogP contribution in [0.25, 0.3) is 0 Å². The van der Waals surface area contributed by atoms with Crippen molar-refractivity contribution in [3.63, 3.8) is 0 Å². The van der Waals surface area contributed by atoms with Crippen LogP contribution in [0.3, 0.4) is 0 Å². The maximum absolute atomic E-state index is 11.6. The summed E-state index contributed by atoms with van der Waals surface area (Å²) in [5.41, 5.74) is 4.47. The zero-order valence-corrected chi connectivity index (χ0v) is 10.3. The first-order valence-electron chi connectivity index (χ1n) is 5.32. The second-order valence-electron chi connectivity index (χ2n) is 3.98. The normalized spacial score (nSPS) is 12.7. The van der Waals surface area contributed by atoms with Crippen LogP contribution in [0.2, 0.25) is 0 Å². The lowest BCUT2D eigenvalue weighted by molar-refractivity contribution is -0.162. The molecule has 0 bridgehead atoms. The summed E-state index contributed by atoms with van der Waals surface area (Å²) in [6.45, 7) is 4.79. The van der Waals surface area contributed by atoms with Crippen LogP contribution >= 0.6 is 0 Å². The molecule has 0 aromatic heterocycles. The van der Waals surface area contributed by atoms with E-state index < -0.39 is 23.4 Å². The highest BCUT2D eigenvalue weighted by Gasteiger charge is 2.41. The van der Waals surface area contributed by atoms with E-state index in [0.29, 0.717) is 0 Å². The number of nitrogens with two attached hydrogens (primary N) is 1. The van der Waals surface area contributed by atoms with Crippen molar-refractivity contribution < 1.29 is 23.9 Å². The van der Waals surface area contributed by atoms with Gasteiger partial charge in [-0.2, -0.15) is 0 Å². The van der Waals surface area contributed by atoms with Crippen LogP contribution in [0.5, 0.6) is 0 Å². The molecule has 1 atom stereocenters. The van der Waals surface area contributed by atoms with E-state index in [-0.39, 0.29) is 19.6 Å². The number of hydrogen-bond donors (Lipinski definition) is 1. The molecule has 0 aliphatic carbocycles. The molecule has 0 aliphatic heterocycles. The van der Waals surface area contributed by atoms with Crippen molar-refractivity contribution in [1.82, 2.24) is 0 Å². The summed E-state index contributed by atoms with van der Waals surface area (Å²) in [4.78, 5) is 33.0. The largest absolute Gasteiger partial charge is 0.466 e. The van der Waals surface area contributed by atoms with Crippen LogP contribution in [0.4, 0.5) is 0 Å². The van der Waals surface area contributed by atoms with Gasteiger partial charge in [0.1, 0.15) is 6.04 Å². The molecule has 0 heterocycles. The van der Waals surface area contributed by atoms with E-state index in [0.717, 1.165) is 0 Å². The number of carbonyl (C=O) groups excluding carboxylic acids is 3. The van der Waals surface area contributed by atoms with Gasteiger partial charge < -0.3 is 15.2 Å². The first kappa shape index (κ1) is 15.6. The number of rotatable bonds is 7. The Labute approximate surface area is 100 Å². The first-order chi connectivity index (χ1) is 7.87. The summed E-state index contributed by atoms with van der Waals surface area (Å²) in [5, 5.41) is 0. The summed E-state index contributed by atoms with van der Waals surface area (Å²) < 4.78 is 9.54. The van der Waals surface area contributed by atoms with Crippen molar-refractivity contribution in [3.8, 4) is 0 Å². The molecule has 0 unspecified atom stereocenters. The van der Waals surface area contributed by atoms with Crippen LogP contribution in [-0.2, 0) is 23.9 Å². The molecule has 0 rings (SSSR count). The Bertz CT molecular complexity index is 288. The smallest absolute Gasteiger partial charge is 0.324 e. The predicted molar refractivity (Wildman–Crippen MR) is 59.7 cm³/mol. The highest BCUT2D eigenvalue weighted by atomic mass is 16.5. The summed E-state index contributed by atoms with van der Waals surface area (Å²) >= 11 is 0. The van der Waals surface area contributed by atoms with E-state index in [4.69, 9.17) is 15.2 Å². The van der Waals surface area contributed by atoms with Gasteiger partial charge in [-0.15, -0.1) is 0 Å². The molecule has 0 aromatic carbocycles. The molecule has 6 nitrogen and oxygen atoms in total. The zero-order chi connectivity index (χ0) is 13.5. The molecule has 2 N–H and O–H groups in total. The van der Waals surface area contributed by atoms with Crippen LogP contribution in [-0.4, -0.2) is 37.5 Å². The van der Waals surface area contributed by atoms with Gasteiger partial charge in [0.2, 0.25) is 6.29 Å². The molecule has 1 radical (unpaired) electrons. The fourth-order valence-corrected chi connectivity index (χ4v) is 1.02. The summed E-state index contributed by atoms with van der Waals surface area (Å²) in [5.74, 6) is -1.30. The lowest BCUT2D eigenvalue weighted by Gasteiger charge is -2.27. The molecular formula is C11H18NO5. The average molecular weight is 244 g/mol. The number of carbonyl (C=O) groups is 2. The van der Waals surface area contributed by atoms with Crippen molar-refractivity contribution >= 4 is 18.2 Å². The van der Waals surface area contributed by atoms with Gasteiger partial charge in [-0.05, 0) is 20.8 Å². The van der Waals surface area contributed by atoms with Crippen molar-refractivity contribution in [2.24, 2.45) is 11.1 Å². The first-order valence-corrected chi connectivity index (χ1v) is 5.32. The summed E-state index contributed by atoms with van der Waals surface area (Å²) in [6.07, 6.45) is 1.57. The standard InChI is InChI=1S/C11H18NO5/c1-4-16-10(15)11(2,3)8(12)9(14)17-7-5-6-13/h8H,4-5,7,12H2,1-3H3/t8-/m1/s1. The minimum atomic E-state index is -1.17. The second kappa shape index (κ2) is 7.01. The fraction of sp³-hybridized carbons (Fsp3) is 0.727. The molecule has 0 saturated heterocycles. The van der Waals surface area contributed by atoms with Crippen molar-refractivity contribution in [2.45, 2.75) is 33.2 Å². The number of ether oxygens (including phenoxy) is 2. The van der Waals surface area contributed by atoms with E-state index in [1.165, 1.54) is 13.8 Å². The SMILES string of the molecule is CCOC(=O)C(C)(C)[C@H](N)C(=O)OCC[C]=O. The lowest BCUT2D eigenvalue weighted by Crippen LogP contribution is -2.50. The Morgan fingerprint density at radius 3 is 2.41 bits per heavy atom. The molecule has 0 fully saturated rings. The number of hydrogen-bond acceptors (Lipinski definition) is 6. The van der Waals surface area contributed by atoms with Crippen molar-refractivity contribution in [3.05, 3.63) is 0 Å². The third-order valence-corrected chi connectivity index (χ3v) is 2.28. The average Bonchev–Trinajstić information content (AvgIpc) is 2.28. The molecule has 0 spiro atoms. The topological polar surface area (TPSA) is 95.7 Å². The third-order valence-electron chi connectivity index (χ3n) is 2.28. The van der Waals surface area contributed by atoms with Crippen LogP contribution in [0.1, 0.15) is 27.2 Å². The Balaban J connectivity index is 4.44. The minimum absolute atomic E-state index is 0.0156. The van der Waals surface area contributed by atoms with Gasteiger partial charge in [-0.25, -0.2) is 0 Å². The molecule has 0 aliphatic rings. The van der Waals surface area contributed by atoms with Crippen molar-refractivity contribution in [2.75, 3.05) is 13.2 Å². The van der Waals surface area contributed by atoms with Gasteiger partial charge in [0.15, 0.2) is 0 Å². The Kier molecular flexibility index (Phi) is 6.42. The third kappa shape index (κ3) is 4.52. The second-order valence-corrected chi connectivity index (χ2v) is 3.98. The van der Waals surface area contributed by atoms with E-state index in [2.05, 4.69) is 0 Å². The summed E-state index contributed by atoms with van der Waals surface area (Å²) in [6, 6.07) is -1.13. The monoisotopic (exact) mass is 244 g/mol. The Hall–Kier alpha value is -1.43. The predicted octanol–water partition coefficient (Wildman–Crippen LogP) is -0.0540. The molecule has 6 heteroatoms. The van der Waals surface area contributed by atoms with E-state index >= 15 is 0 Å². The van der Waals surface area contributed by atoms with Gasteiger partial charge in [0, 0.05) is 6.42 Å². The van der Waals surface area contributed by atoms with Gasteiger partial charge in [-0.1, -0.05) is 0 Å². The highest BCUT2D eigenvalue weighted by Crippen LogP contribution is 2.22. The Morgan fingerprint density at radius 2 is 1.94 bits per heavy atom. The molecule has 0 saturated carbocycles. The number of esters is 2. The van der Waals surface area contributed by atoms with Crippen LogP contribution in [0.15, 0.2) is 0 Å². The van der Waals surface area contributed by atoms with Gasteiger partial charge in [0.05, 0.1) is 18.6 Å². The maximum Gasteiger partial charge on any atom is 0.324 e. The molecule has 97 valence electrons. The minimum Gasteiger partial charge on any atom is -0.466 e. The lowest BCUT2D eigenvalue weighted by atomic mass is 9.85. The van der Waals surface area contributed by atoms with Crippen molar-refractivity contribution in [1.29, 1.82) is 0 Å². The zero-order valence-electron chi connectivity index (χ0n) is 10.3. The van der Waals surface area contributed by atoms with E-state index in [9.17, 15) is 14.4 Å². The maximum atomic E-state index is 11.6. The molecule has 17 heavy (non-hydrogen) atoms. The van der Waals surface area contributed by atoms with Crippen LogP contribution in [0, 0.1) is 5.41 Å². The van der Waals surface area contributed by atoms with E-state index in [1.54, 1.807) is 13.2 Å². The van der Waals surface area contributed by atoms with Gasteiger partial charge in [0.25, 0.3) is 0 Å². The van der Waals surface area contributed by atoms with Gasteiger partial charge in [-0.3, -0.25) is 14.4 Å². The molecule has 0 amide bonds. The summed E-state index contributed by atoms with van der Waals surface area (Å²) in [7, 11) is 0. The molecular weight excluding hydrogens is 226 g/mol.